The van der Waals surface area contributed by atoms with Gasteiger partial charge in [0.25, 0.3) is 5.56 Å². The van der Waals surface area contributed by atoms with Crippen LogP contribution in [-0.4, -0.2) is 14.2 Å². The van der Waals surface area contributed by atoms with Gasteiger partial charge in [-0.25, -0.2) is 9.37 Å². The molecule has 0 saturated heterocycles. The third-order valence-corrected chi connectivity index (χ3v) is 4.30. The van der Waals surface area contributed by atoms with Gasteiger partial charge in [0, 0.05) is 4.90 Å². The summed E-state index contributed by atoms with van der Waals surface area (Å²) in [5.41, 5.74) is 0.277. The van der Waals surface area contributed by atoms with Gasteiger partial charge in [-0.15, -0.1) is 0 Å². The van der Waals surface area contributed by atoms with Gasteiger partial charge in [0.1, 0.15) is 11.6 Å². The Hall–Kier alpha value is -2.34. The minimum absolute atomic E-state index is 0.0313. The number of benzene rings is 2. The van der Waals surface area contributed by atoms with Crippen LogP contribution in [0.5, 0.6) is 0 Å². The van der Waals surface area contributed by atoms with Gasteiger partial charge in [0.2, 0.25) is 0 Å². The minimum Gasteiger partial charge on any atom is -0.309 e. The number of hydrogen-bond acceptors (Lipinski definition) is 3. The van der Waals surface area contributed by atoms with Crippen LogP contribution in [-0.2, 0) is 16.6 Å². The van der Waals surface area contributed by atoms with Gasteiger partial charge in [-0.3, -0.25) is 9.00 Å². The summed E-state index contributed by atoms with van der Waals surface area (Å²) < 4.78 is 25.3. The van der Waals surface area contributed by atoms with Crippen molar-refractivity contribution in [2.75, 3.05) is 0 Å². The highest BCUT2D eigenvalue weighted by atomic mass is 32.2. The zero-order chi connectivity index (χ0) is 14.8. The third kappa shape index (κ3) is 2.90. The number of aromatic amines is 1. The highest BCUT2D eigenvalue weighted by molar-refractivity contribution is 7.84. The van der Waals surface area contributed by atoms with E-state index < -0.39 is 16.6 Å². The molecule has 0 aliphatic heterocycles. The highest BCUT2D eigenvalue weighted by Gasteiger charge is 2.09. The molecule has 0 radical (unpaired) electrons. The maximum absolute atomic E-state index is 13.1. The Balaban J connectivity index is 1.95. The SMILES string of the molecule is O=c1[nH]c(CS(=O)c2cccc(F)c2)nc2ccccc12. The molecule has 106 valence electrons. The largest absolute Gasteiger partial charge is 0.309 e. The Labute approximate surface area is 122 Å². The average molecular weight is 302 g/mol. The molecule has 0 aliphatic rings. The fourth-order valence-electron chi connectivity index (χ4n) is 2.02. The second-order valence-electron chi connectivity index (χ2n) is 4.48. The van der Waals surface area contributed by atoms with Crippen molar-refractivity contribution in [2.45, 2.75) is 10.6 Å². The molecule has 6 heteroatoms. The predicted molar refractivity (Wildman–Crippen MR) is 78.9 cm³/mol. The molecule has 0 fully saturated rings. The number of halogens is 1. The molecule has 3 rings (SSSR count). The molecule has 2 aromatic carbocycles. The molecule has 21 heavy (non-hydrogen) atoms. The van der Waals surface area contributed by atoms with Crippen molar-refractivity contribution in [3.05, 3.63) is 70.5 Å². The summed E-state index contributed by atoms with van der Waals surface area (Å²) in [6.07, 6.45) is 0. The van der Waals surface area contributed by atoms with E-state index in [2.05, 4.69) is 9.97 Å². The first kappa shape index (κ1) is 13.6. The maximum Gasteiger partial charge on any atom is 0.258 e. The number of rotatable bonds is 3. The van der Waals surface area contributed by atoms with Crippen LogP contribution in [0.15, 0.2) is 58.2 Å². The summed E-state index contributed by atoms with van der Waals surface area (Å²) >= 11 is 0. The second kappa shape index (κ2) is 5.57. The van der Waals surface area contributed by atoms with Gasteiger partial charge in [-0.05, 0) is 30.3 Å². The number of para-hydroxylation sites is 1. The van der Waals surface area contributed by atoms with E-state index in [-0.39, 0.29) is 11.3 Å². The average Bonchev–Trinajstić information content (AvgIpc) is 2.47. The lowest BCUT2D eigenvalue weighted by atomic mass is 10.2. The molecule has 3 aromatic rings. The zero-order valence-electron chi connectivity index (χ0n) is 10.9. The number of hydrogen-bond donors (Lipinski definition) is 1. The Morgan fingerprint density at radius 3 is 2.76 bits per heavy atom. The summed E-state index contributed by atoms with van der Waals surface area (Å²) in [6, 6.07) is 12.5. The summed E-state index contributed by atoms with van der Waals surface area (Å²) in [6.45, 7) is 0. The Kier molecular flexibility index (Phi) is 3.62. The van der Waals surface area contributed by atoms with Crippen LogP contribution in [0.3, 0.4) is 0 Å². The maximum atomic E-state index is 13.1. The van der Waals surface area contributed by atoms with Crippen molar-refractivity contribution >= 4 is 21.7 Å². The van der Waals surface area contributed by atoms with Crippen molar-refractivity contribution in [2.24, 2.45) is 0 Å². The van der Waals surface area contributed by atoms with Gasteiger partial charge < -0.3 is 4.98 Å². The third-order valence-electron chi connectivity index (χ3n) is 2.99. The van der Waals surface area contributed by atoms with E-state index in [0.29, 0.717) is 21.6 Å². The molecule has 0 aliphatic carbocycles. The molecule has 1 atom stereocenters. The van der Waals surface area contributed by atoms with Crippen molar-refractivity contribution in [1.29, 1.82) is 0 Å². The molecule has 0 amide bonds. The fraction of sp³-hybridized carbons (Fsp3) is 0.0667. The normalized spacial score (nSPS) is 12.4. The van der Waals surface area contributed by atoms with E-state index >= 15 is 0 Å². The summed E-state index contributed by atoms with van der Waals surface area (Å²) in [4.78, 5) is 19.2. The van der Waals surface area contributed by atoms with Crippen LogP contribution in [0.25, 0.3) is 10.9 Å². The number of fused-ring (bicyclic) bond motifs is 1. The lowest BCUT2D eigenvalue weighted by molar-refractivity contribution is 0.622. The van der Waals surface area contributed by atoms with Crippen LogP contribution in [0, 0.1) is 5.82 Å². The zero-order valence-corrected chi connectivity index (χ0v) is 11.7. The summed E-state index contributed by atoms with van der Waals surface area (Å²) in [5.74, 6) is -0.0918. The molecule has 0 bridgehead atoms. The standard InChI is InChI=1S/C15H11FN2O2S/c16-10-4-3-5-11(8-10)21(20)9-14-17-13-7-2-1-6-12(13)15(19)18-14/h1-8H,9H2,(H,17,18,19). The number of nitrogens with one attached hydrogen (secondary N) is 1. The molecular formula is C15H11FN2O2S. The van der Waals surface area contributed by atoms with Crippen molar-refractivity contribution in [1.82, 2.24) is 9.97 Å². The summed E-state index contributed by atoms with van der Waals surface area (Å²) in [7, 11) is -1.47. The number of H-pyrrole nitrogens is 1. The van der Waals surface area contributed by atoms with Gasteiger partial charge in [0.05, 0.1) is 27.5 Å². The molecule has 1 unspecified atom stereocenters. The molecular weight excluding hydrogens is 291 g/mol. The molecule has 1 heterocycles. The van der Waals surface area contributed by atoms with E-state index in [1.165, 1.54) is 18.2 Å². The van der Waals surface area contributed by atoms with Crippen LogP contribution in [0.2, 0.25) is 0 Å². The Bertz CT molecular complexity index is 892. The van der Waals surface area contributed by atoms with Crippen LogP contribution in [0.4, 0.5) is 4.39 Å². The van der Waals surface area contributed by atoms with E-state index in [4.69, 9.17) is 0 Å². The predicted octanol–water partition coefficient (Wildman–Crippen LogP) is 2.37. The first-order valence-corrected chi connectivity index (χ1v) is 7.57. The lowest BCUT2D eigenvalue weighted by Gasteiger charge is -2.04. The Morgan fingerprint density at radius 2 is 1.95 bits per heavy atom. The first-order chi connectivity index (χ1) is 10.1. The van der Waals surface area contributed by atoms with E-state index in [0.717, 1.165) is 0 Å². The van der Waals surface area contributed by atoms with Crippen LogP contribution >= 0.6 is 0 Å². The second-order valence-corrected chi connectivity index (χ2v) is 5.93. The first-order valence-electron chi connectivity index (χ1n) is 6.25. The van der Waals surface area contributed by atoms with E-state index in [9.17, 15) is 13.4 Å². The minimum atomic E-state index is -1.47. The molecule has 0 spiro atoms. The highest BCUT2D eigenvalue weighted by Crippen LogP contribution is 2.13. The van der Waals surface area contributed by atoms with Crippen molar-refractivity contribution in [3.63, 3.8) is 0 Å². The topological polar surface area (TPSA) is 62.8 Å². The summed E-state index contributed by atoms with van der Waals surface area (Å²) in [5, 5.41) is 0.484. The number of nitrogens with zero attached hydrogens (tertiary/aromatic N) is 1. The van der Waals surface area contributed by atoms with Gasteiger partial charge in [-0.1, -0.05) is 18.2 Å². The monoisotopic (exact) mass is 302 g/mol. The Morgan fingerprint density at radius 1 is 1.14 bits per heavy atom. The number of aromatic nitrogens is 2. The fourth-order valence-corrected chi connectivity index (χ4v) is 3.05. The molecule has 0 saturated carbocycles. The smallest absolute Gasteiger partial charge is 0.258 e. The van der Waals surface area contributed by atoms with E-state index in [1.54, 1.807) is 30.3 Å². The molecule has 1 N–H and O–H groups in total. The molecule has 4 nitrogen and oxygen atoms in total. The lowest BCUT2D eigenvalue weighted by Crippen LogP contribution is -2.13. The molecule has 1 aromatic heterocycles. The quantitative estimate of drug-likeness (QED) is 0.808. The van der Waals surface area contributed by atoms with E-state index in [1.807, 2.05) is 0 Å². The van der Waals surface area contributed by atoms with Crippen molar-refractivity contribution in [3.8, 4) is 0 Å². The van der Waals surface area contributed by atoms with Gasteiger partial charge in [0.15, 0.2) is 0 Å². The van der Waals surface area contributed by atoms with Gasteiger partial charge in [-0.2, -0.15) is 0 Å². The van der Waals surface area contributed by atoms with Crippen LogP contribution < -0.4 is 5.56 Å². The van der Waals surface area contributed by atoms with Crippen LogP contribution in [0.1, 0.15) is 5.82 Å². The van der Waals surface area contributed by atoms with Gasteiger partial charge >= 0.3 is 0 Å². The van der Waals surface area contributed by atoms with Crippen molar-refractivity contribution < 1.29 is 8.60 Å².